The molecule has 0 amide bonds. The molecule has 20 heavy (non-hydrogen) atoms. The molecule has 0 bridgehead atoms. The van der Waals surface area contributed by atoms with Gasteiger partial charge in [-0.15, -0.1) is 0 Å². The lowest BCUT2D eigenvalue weighted by molar-refractivity contribution is 0.294. The minimum atomic E-state index is 0.696. The fourth-order valence-corrected chi connectivity index (χ4v) is 3.10. The first-order valence-electron chi connectivity index (χ1n) is 8.01. The second-order valence-electron chi connectivity index (χ2n) is 6.22. The van der Waals surface area contributed by atoms with Crippen molar-refractivity contribution in [1.29, 1.82) is 0 Å². The maximum Gasteiger partial charge on any atom is 0.0408 e. The molecule has 114 valence electrons. The van der Waals surface area contributed by atoms with Crippen molar-refractivity contribution in [2.75, 3.05) is 13.1 Å². The lowest BCUT2D eigenvalue weighted by atomic mass is 9.83. The Morgan fingerprint density at radius 1 is 1.05 bits per heavy atom. The van der Waals surface area contributed by atoms with Crippen molar-refractivity contribution in [1.82, 2.24) is 5.32 Å². The molecule has 0 saturated carbocycles. The van der Waals surface area contributed by atoms with Gasteiger partial charge in [0.2, 0.25) is 0 Å². The van der Waals surface area contributed by atoms with Gasteiger partial charge in [0.15, 0.2) is 0 Å². The largest absolute Gasteiger partial charge is 0.316 e. The zero-order chi connectivity index (χ0) is 15.0. The third-order valence-electron chi connectivity index (χ3n) is 4.06. The Hall–Kier alpha value is -0.530. The molecule has 0 spiro atoms. The van der Waals surface area contributed by atoms with Gasteiger partial charge in [-0.05, 0) is 55.0 Å². The van der Waals surface area contributed by atoms with E-state index in [2.05, 4.69) is 51.2 Å². The summed E-state index contributed by atoms with van der Waals surface area (Å²) in [5.74, 6) is 2.19. The SMILES string of the molecule is CCC(CC)C(CNCC(C)C)Cc1cccc(Cl)c1. The summed E-state index contributed by atoms with van der Waals surface area (Å²) in [5.41, 5.74) is 1.36. The fourth-order valence-electron chi connectivity index (χ4n) is 2.88. The number of hydrogen-bond acceptors (Lipinski definition) is 1. The van der Waals surface area contributed by atoms with Gasteiger partial charge in [-0.25, -0.2) is 0 Å². The van der Waals surface area contributed by atoms with Crippen LogP contribution in [-0.2, 0) is 6.42 Å². The molecule has 1 aromatic rings. The van der Waals surface area contributed by atoms with Gasteiger partial charge < -0.3 is 5.32 Å². The van der Waals surface area contributed by atoms with E-state index in [0.717, 1.165) is 30.5 Å². The third-order valence-corrected chi connectivity index (χ3v) is 4.30. The van der Waals surface area contributed by atoms with Crippen molar-refractivity contribution in [3.8, 4) is 0 Å². The van der Waals surface area contributed by atoms with Crippen LogP contribution in [0.5, 0.6) is 0 Å². The molecule has 1 N–H and O–H groups in total. The molecule has 0 aliphatic carbocycles. The highest BCUT2D eigenvalue weighted by molar-refractivity contribution is 6.30. The van der Waals surface area contributed by atoms with Crippen molar-refractivity contribution in [2.24, 2.45) is 17.8 Å². The van der Waals surface area contributed by atoms with Crippen LogP contribution in [0, 0.1) is 17.8 Å². The molecule has 1 atom stereocenters. The average molecular weight is 296 g/mol. The minimum absolute atomic E-state index is 0.696. The van der Waals surface area contributed by atoms with Crippen molar-refractivity contribution in [3.63, 3.8) is 0 Å². The van der Waals surface area contributed by atoms with E-state index in [1.807, 2.05) is 6.07 Å². The Morgan fingerprint density at radius 2 is 1.75 bits per heavy atom. The minimum Gasteiger partial charge on any atom is -0.316 e. The van der Waals surface area contributed by atoms with Crippen molar-refractivity contribution >= 4 is 11.6 Å². The van der Waals surface area contributed by atoms with Crippen LogP contribution in [0.1, 0.15) is 46.1 Å². The van der Waals surface area contributed by atoms with Gasteiger partial charge in [-0.3, -0.25) is 0 Å². The van der Waals surface area contributed by atoms with Crippen LogP contribution in [0.4, 0.5) is 0 Å². The molecule has 2 heteroatoms. The number of rotatable bonds is 9. The van der Waals surface area contributed by atoms with Gasteiger partial charge in [0.25, 0.3) is 0 Å². The predicted octanol–water partition coefficient (Wildman–Crippen LogP) is 5.18. The highest BCUT2D eigenvalue weighted by atomic mass is 35.5. The van der Waals surface area contributed by atoms with E-state index in [9.17, 15) is 0 Å². The third kappa shape index (κ3) is 6.28. The molecule has 0 heterocycles. The van der Waals surface area contributed by atoms with Gasteiger partial charge in [-0.2, -0.15) is 0 Å². The molecular formula is C18H30ClN. The quantitative estimate of drug-likeness (QED) is 0.662. The molecule has 0 aliphatic rings. The Balaban J connectivity index is 2.66. The molecule has 0 radical (unpaired) electrons. The number of benzene rings is 1. The van der Waals surface area contributed by atoms with Crippen molar-refractivity contribution < 1.29 is 0 Å². The summed E-state index contributed by atoms with van der Waals surface area (Å²) in [4.78, 5) is 0. The fraction of sp³-hybridized carbons (Fsp3) is 0.667. The van der Waals surface area contributed by atoms with E-state index < -0.39 is 0 Å². The Labute approximate surface area is 130 Å². The van der Waals surface area contributed by atoms with Crippen LogP contribution in [0.2, 0.25) is 5.02 Å². The number of nitrogens with one attached hydrogen (secondary N) is 1. The van der Waals surface area contributed by atoms with Gasteiger partial charge >= 0.3 is 0 Å². The summed E-state index contributed by atoms with van der Waals surface area (Å²) < 4.78 is 0. The molecule has 1 nitrogen and oxygen atoms in total. The van der Waals surface area contributed by atoms with E-state index >= 15 is 0 Å². The normalized spacial score (nSPS) is 13.2. The van der Waals surface area contributed by atoms with Crippen LogP contribution in [0.3, 0.4) is 0 Å². The van der Waals surface area contributed by atoms with E-state index in [-0.39, 0.29) is 0 Å². The summed E-state index contributed by atoms with van der Waals surface area (Å²) >= 11 is 6.11. The summed E-state index contributed by atoms with van der Waals surface area (Å²) in [6, 6.07) is 8.32. The predicted molar refractivity (Wildman–Crippen MR) is 90.4 cm³/mol. The molecule has 1 aromatic carbocycles. The molecule has 0 aliphatic heterocycles. The molecule has 0 aromatic heterocycles. The van der Waals surface area contributed by atoms with Crippen molar-refractivity contribution in [3.05, 3.63) is 34.9 Å². The van der Waals surface area contributed by atoms with Crippen molar-refractivity contribution in [2.45, 2.75) is 47.0 Å². The number of hydrogen-bond donors (Lipinski definition) is 1. The summed E-state index contributed by atoms with van der Waals surface area (Å²) in [6.45, 7) is 11.3. The highest BCUT2D eigenvalue weighted by Gasteiger charge is 2.19. The van der Waals surface area contributed by atoms with E-state index in [4.69, 9.17) is 11.6 Å². The maximum absolute atomic E-state index is 6.11. The van der Waals surface area contributed by atoms with Gasteiger partial charge in [0.1, 0.15) is 0 Å². The monoisotopic (exact) mass is 295 g/mol. The topological polar surface area (TPSA) is 12.0 Å². The molecule has 1 rings (SSSR count). The van der Waals surface area contributed by atoms with Gasteiger partial charge in [-0.1, -0.05) is 64.3 Å². The van der Waals surface area contributed by atoms with E-state index in [1.54, 1.807) is 0 Å². The summed E-state index contributed by atoms with van der Waals surface area (Å²) in [6.07, 6.45) is 3.63. The van der Waals surface area contributed by atoms with Crippen LogP contribution < -0.4 is 5.32 Å². The number of halogens is 1. The second kappa shape index (κ2) is 9.41. The first-order chi connectivity index (χ1) is 9.56. The van der Waals surface area contributed by atoms with E-state index in [1.165, 1.54) is 18.4 Å². The zero-order valence-corrected chi connectivity index (χ0v) is 14.2. The van der Waals surface area contributed by atoms with Crippen LogP contribution >= 0.6 is 11.6 Å². The first-order valence-corrected chi connectivity index (χ1v) is 8.39. The molecular weight excluding hydrogens is 266 g/mol. The average Bonchev–Trinajstić information content (AvgIpc) is 2.39. The lowest BCUT2D eigenvalue weighted by Gasteiger charge is -2.26. The molecule has 0 fully saturated rings. The van der Waals surface area contributed by atoms with Gasteiger partial charge in [0.05, 0.1) is 0 Å². The molecule has 1 unspecified atom stereocenters. The van der Waals surface area contributed by atoms with Crippen LogP contribution in [0.15, 0.2) is 24.3 Å². The summed E-state index contributed by atoms with van der Waals surface area (Å²) in [5, 5.41) is 4.48. The maximum atomic E-state index is 6.11. The molecule has 0 saturated heterocycles. The Morgan fingerprint density at radius 3 is 2.30 bits per heavy atom. The van der Waals surface area contributed by atoms with Gasteiger partial charge in [0, 0.05) is 5.02 Å². The lowest BCUT2D eigenvalue weighted by Crippen LogP contribution is -2.31. The summed E-state index contributed by atoms with van der Waals surface area (Å²) in [7, 11) is 0. The zero-order valence-electron chi connectivity index (χ0n) is 13.5. The smallest absolute Gasteiger partial charge is 0.0408 e. The Kier molecular flexibility index (Phi) is 8.25. The Bertz CT molecular complexity index is 371. The van der Waals surface area contributed by atoms with E-state index in [0.29, 0.717) is 11.8 Å². The van der Waals surface area contributed by atoms with Crippen LogP contribution in [0.25, 0.3) is 0 Å². The highest BCUT2D eigenvalue weighted by Crippen LogP contribution is 2.24. The standard InChI is InChI=1S/C18H30ClN/c1-5-16(6-2)17(13-20-12-14(3)4)10-15-8-7-9-18(19)11-15/h7-9,11,14,16-17,20H,5-6,10,12-13H2,1-4H3. The van der Waals surface area contributed by atoms with Crippen LogP contribution in [-0.4, -0.2) is 13.1 Å². The second-order valence-corrected chi connectivity index (χ2v) is 6.66. The first kappa shape index (κ1) is 17.5.